The minimum absolute atomic E-state index is 0.0853. The molecule has 1 N–H and O–H groups in total. The van der Waals surface area contributed by atoms with Crippen molar-refractivity contribution in [3.63, 3.8) is 0 Å². The molecule has 0 unspecified atom stereocenters. The third-order valence-corrected chi connectivity index (χ3v) is 6.42. The second kappa shape index (κ2) is 9.30. The average molecular weight is 476 g/mol. The van der Waals surface area contributed by atoms with Gasteiger partial charge in [-0.2, -0.15) is 0 Å². The number of benzene rings is 2. The van der Waals surface area contributed by atoms with E-state index in [0.717, 1.165) is 12.8 Å². The smallest absolute Gasteiger partial charge is 0.262 e. The number of unbranched alkanes of at least 4 members (excludes halogenated alkanes) is 1. The minimum atomic E-state index is -0.219. The fourth-order valence-electron chi connectivity index (χ4n) is 3.25. The lowest BCUT2D eigenvalue weighted by Gasteiger charge is -2.11. The van der Waals surface area contributed by atoms with Gasteiger partial charge in [0.25, 0.3) is 5.56 Å². The number of aryl methyl sites for hydroxylation is 1. The van der Waals surface area contributed by atoms with Crippen LogP contribution in [0.25, 0.3) is 16.7 Å². The van der Waals surface area contributed by atoms with E-state index in [0.29, 0.717) is 44.1 Å². The zero-order valence-corrected chi connectivity index (χ0v) is 19.0. The van der Waals surface area contributed by atoms with Crippen molar-refractivity contribution in [3.05, 3.63) is 62.9 Å². The Balaban J connectivity index is 1.63. The molecule has 0 aliphatic rings. The quantitative estimate of drug-likeness (QED) is 0.385. The molecule has 0 fully saturated rings. The molecular weight excluding hydrogens is 457 g/mol. The predicted octanol–water partition coefficient (Wildman–Crippen LogP) is 4.88. The van der Waals surface area contributed by atoms with Gasteiger partial charge < -0.3 is 5.32 Å². The Labute approximate surface area is 192 Å². The SMILES string of the molecule is CCCCn1c(=O)c2ccccc2n2c(SCC(=O)Nc3ccc(Cl)c(Cl)c3)nnc12. The van der Waals surface area contributed by atoms with E-state index < -0.39 is 0 Å². The van der Waals surface area contributed by atoms with Crippen molar-refractivity contribution < 1.29 is 4.79 Å². The zero-order chi connectivity index (χ0) is 22.0. The summed E-state index contributed by atoms with van der Waals surface area (Å²) in [4.78, 5) is 25.4. The normalized spacial score (nSPS) is 11.3. The van der Waals surface area contributed by atoms with Crippen molar-refractivity contribution in [1.29, 1.82) is 0 Å². The van der Waals surface area contributed by atoms with E-state index in [4.69, 9.17) is 23.2 Å². The molecule has 10 heteroatoms. The van der Waals surface area contributed by atoms with Gasteiger partial charge in [0.05, 0.1) is 26.7 Å². The lowest BCUT2D eigenvalue weighted by molar-refractivity contribution is -0.113. The van der Waals surface area contributed by atoms with E-state index in [1.165, 1.54) is 11.8 Å². The lowest BCUT2D eigenvalue weighted by atomic mass is 10.2. The van der Waals surface area contributed by atoms with Crippen LogP contribution < -0.4 is 10.9 Å². The number of carbonyl (C=O) groups is 1. The Morgan fingerprint density at radius 3 is 2.71 bits per heavy atom. The minimum Gasteiger partial charge on any atom is -0.325 e. The second-order valence-electron chi connectivity index (χ2n) is 6.91. The van der Waals surface area contributed by atoms with Gasteiger partial charge in [-0.1, -0.05) is 60.4 Å². The number of fused-ring (bicyclic) bond motifs is 3. The summed E-state index contributed by atoms with van der Waals surface area (Å²) >= 11 is 13.2. The number of nitrogens with one attached hydrogen (secondary N) is 1. The van der Waals surface area contributed by atoms with Crippen LogP contribution >= 0.6 is 35.0 Å². The number of rotatable bonds is 7. The molecule has 7 nitrogen and oxygen atoms in total. The molecule has 4 rings (SSSR count). The third-order valence-electron chi connectivity index (χ3n) is 4.75. The number of hydrogen-bond donors (Lipinski definition) is 1. The highest BCUT2D eigenvalue weighted by molar-refractivity contribution is 7.99. The summed E-state index contributed by atoms with van der Waals surface area (Å²) in [7, 11) is 0. The van der Waals surface area contributed by atoms with Gasteiger partial charge in [0, 0.05) is 12.2 Å². The van der Waals surface area contributed by atoms with Crippen LogP contribution in [0.15, 0.2) is 52.4 Å². The van der Waals surface area contributed by atoms with E-state index in [-0.39, 0.29) is 17.2 Å². The first-order chi connectivity index (χ1) is 15.0. The molecule has 31 heavy (non-hydrogen) atoms. The van der Waals surface area contributed by atoms with Gasteiger partial charge in [0.2, 0.25) is 11.7 Å². The summed E-state index contributed by atoms with van der Waals surface area (Å²) in [5.41, 5.74) is 1.19. The Morgan fingerprint density at radius 1 is 1.13 bits per heavy atom. The topological polar surface area (TPSA) is 81.3 Å². The number of amides is 1. The number of anilines is 1. The first kappa shape index (κ1) is 21.7. The second-order valence-corrected chi connectivity index (χ2v) is 8.67. The molecule has 0 atom stereocenters. The molecule has 0 saturated heterocycles. The van der Waals surface area contributed by atoms with E-state index >= 15 is 0 Å². The molecule has 2 heterocycles. The van der Waals surface area contributed by atoms with Gasteiger partial charge in [-0.25, -0.2) is 0 Å². The first-order valence-electron chi connectivity index (χ1n) is 9.74. The standard InChI is InChI=1S/C21H19Cl2N5O2S/c1-2-3-10-27-19(30)14-6-4-5-7-17(14)28-20(27)25-26-21(28)31-12-18(29)24-13-8-9-15(22)16(23)11-13/h4-9,11H,2-3,10,12H2,1H3,(H,24,29). The highest BCUT2D eigenvalue weighted by Gasteiger charge is 2.17. The Morgan fingerprint density at radius 2 is 1.94 bits per heavy atom. The molecule has 0 aliphatic heterocycles. The van der Waals surface area contributed by atoms with Gasteiger partial charge in [0.15, 0.2) is 5.16 Å². The monoisotopic (exact) mass is 475 g/mol. The fourth-order valence-corrected chi connectivity index (χ4v) is 4.28. The van der Waals surface area contributed by atoms with Gasteiger partial charge in [-0.15, -0.1) is 10.2 Å². The number of halogens is 2. The number of thioether (sulfide) groups is 1. The molecule has 160 valence electrons. The van der Waals surface area contributed by atoms with E-state index in [9.17, 15) is 9.59 Å². The fraction of sp³-hybridized carbons (Fsp3) is 0.238. The van der Waals surface area contributed by atoms with Crippen LogP contribution in [0.5, 0.6) is 0 Å². The van der Waals surface area contributed by atoms with Crippen molar-refractivity contribution in [2.75, 3.05) is 11.1 Å². The summed E-state index contributed by atoms with van der Waals surface area (Å²) in [6.07, 6.45) is 1.81. The molecule has 0 bridgehead atoms. The molecule has 2 aromatic heterocycles. The predicted molar refractivity (Wildman–Crippen MR) is 125 cm³/mol. The van der Waals surface area contributed by atoms with Gasteiger partial charge in [-0.05, 0) is 36.8 Å². The van der Waals surface area contributed by atoms with E-state index in [2.05, 4.69) is 22.4 Å². The van der Waals surface area contributed by atoms with Crippen LogP contribution in [-0.4, -0.2) is 30.8 Å². The molecule has 0 radical (unpaired) electrons. The summed E-state index contributed by atoms with van der Waals surface area (Å²) in [5, 5.41) is 13.2. The van der Waals surface area contributed by atoms with Crippen LogP contribution in [0.3, 0.4) is 0 Å². The Kier molecular flexibility index (Phi) is 6.50. The summed E-state index contributed by atoms with van der Waals surface area (Å²) in [6.45, 7) is 2.63. The van der Waals surface area contributed by atoms with Crippen LogP contribution in [0, 0.1) is 0 Å². The van der Waals surface area contributed by atoms with Crippen LogP contribution in [-0.2, 0) is 11.3 Å². The Hall–Kier alpha value is -2.55. The van der Waals surface area contributed by atoms with Crippen LogP contribution in [0.2, 0.25) is 10.0 Å². The number of nitrogens with zero attached hydrogens (tertiary/aromatic N) is 4. The molecule has 0 saturated carbocycles. The summed E-state index contributed by atoms with van der Waals surface area (Å²) < 4.78 is 3.49. The molecule has 0 aliphatic carbocycles. The third kappa shape index (κ3) is 4.42. The van der Waals surface area contributed by atoms with Crippen molar-refractivity contribution >= 4 is 63.2 Å². The average Bonchev–Trinajstić information content (AvgIpc) is 3.19. The maximum absolute atomic E-state index is 13.0. The summed E-state index contributed by atoms with van der Waals surface area (Å²) in [6, 6.07) is 12.3. The maximum atomic E-state index is 13.0. The first-order valence-corrected chi connectivity index (χ1v) is 11.5. The molecule has 4 aromatic rings. The van der Waals surface area contributed by atoms with Crippen LogP contribution in [0.4, 0.5) is 5.69 Å². The molecule has 0 spiro atoms. The van der Waals surface area contributed by atoms with Crippen LogP contribution in [0.1, 0.15) is 19.8 Å². The number of para-hydroxylation sites is 1. The molecular formula is C21H19Cl2N5O2S. The van der Waals surface area contributed by atoms with E-state index in [1.807, 2.05) is 22.6 Å². The van der Waals surface area contributed by atoms with Crippen molar-refractivity contribution in [1.82, 2.24) is 19.2 Å². The van der Waals surface area contributed by atoms with Gasteiger partial charge in [-0.3, -0.25) is 18.6 Å². The van der Waals surface area contributed by atoms with E-state index in [1.54, 1.807) is 28.8 Å². The highest BCUT2D eigenvalue weighted by atomic mass is 35.5. The largest absolute Gasteiger partial charge is 0.325 e. The number of aromatic nitrogens is 4. The highest BCUT2D eigenvalue weighted by Crippen LogP contribution is 2.26. The zero-order valence-electron chi connectivity index (χ0n) is 16.6. The lowest BCUT2D eigenvalue weighted by Crippen LogP contribution is -2.23. The van der Waals surface area contributed by atoms with Gasteiger partial charge >= 0.3 is 0 Å². The van der Waals surface area contributed by atoms with Gasteiger partial charge in [0.1, 0.15) is 0 Å². The summed E-state index contributed by atoms with van der Waals surface area (Å²) in [5.74, 6) is 0.372. The molecule has 2 aromatic carbocycles. The number of hydrogen-bond acceptors (Lipinski definition) is 5. The maximum Gasteiger partial charge on any atom is 0.262 e. The Bertz CT molecular complexity index is 1330. The number of carbonyl (C=O) groups excluding carboxylic acids is 1. The van der Waals surface area contributed by atoms with Crippen molar-refractivity contribution in [2.24, 2.45) is 0 Å². The molecule has 1 amide bonds. The van der Waals surface area contributed by atoms with Crippen molar-refractivity contribution in [2.45, 2.75) is 31.5 Å². The van der Waals surface area contributed by atoms with Crippen molar-refractivity contribution in [3.8, 4) is 0 Å².